The monoisotopic (exact) mass is 564 g/mol. The Labute approximate surface area is 243 Å². The van der Waals surface area contributed by atoms with Gasteiger partial charge in [0.05, 0.1) is 32.5 Å². The number of rotatable bonds is 21. The predicted octanol–water partition coefficient (Wildman–Crippen LogP) is 3.73. The van der Waals surface area contributed by atoms with Crippen LogP contribution in [0.3, 0.4) is 0 Å². The number of hydrogen-bond acceptors (Lipinski definition) is 8. The Hall–Kier alpha value is -1.21. The van der Waals surface area contributed by atoms with Crippen LogP contribution in [0.1, 0.15) is 110 Å². The minimum atomic E-state index is -4.84. The first-order valence-corrected chi connectivity index (χ1v) is 14.2. The maximum absolute atomic E-state index is 11.5. The Kier molecular flexibility index (Phi) is 28.7. The van der Waals surface area contributed by atoms with Gasteiger partial charge in [0, 0.05) is 0 Å². The summed E-state index contributed by atoms with van der Waals surface area (Å²) < 4.78 is 38.9. The molecule has 0 bridgehead atoms. The van der Waals surface area contributed by atoms with Gasteiger partial charge in [-0.15, -0.1) is 0 Å². The fourth-order valence-electron chi connectivity index (χ4n) is 2.96. The molecular weight excluding hydrogens is 519 g/mol. The molecule has 1 unspecified atom stereocenters. The van der Waals surface area contributed by atoms with Crippen molar-refractivity contribution in [1.82, 2.24) is 0 Å². The van der Waals surface area contributed by atoms with Crippen LogP contribution in [0.25, 0.3) is 0 Å². The van der Waals surface area contributed by atoms with Crippen LogP contribution < -0.4 is 0 Å². The third-order valence-electron chi connectivity index (χ3n) is 5.05. The fraction of sp³-hybridized carbons (Fsp3) is 0.833. The molecule has 0 aromatic heterocycles. The number of hydrogen-bond donors (Lipinski definition) is 3. The van der Waals surface area contributed by atoms with Crippen LogP contribution in [0.4, 0.5) is 0 Å². The van der Waals surface area contributed by atoms with Gasteiger partial charge in [-0.2, -0.15) is 8.42 Å². The molecule has 0 spiro atoms. The second kappa shape index (κ2) is 26.4. The van der Waals surface area contributed by atoms with Crippen molar-refractivity contribution in [2.75, 3.05) is 13.2 Å². The van der Waals surface area contributed by atoms with Gasteiger partial charge in [-0.25, -0.2) is 0 Å². The SMILES string of the molecule is CCCCCCCCOC(=O)CCC(=O)OCCCCCCCC.O=C(O)CC(C(=O)O)S(=O)(=O)O.[NaH]. The third-order valence-corrected chi connectivity index (χ3v) is 6.14. The summed E-state index contributed by atoms with van der Waals surface area (Å²) in [5, 5.41) is 13.9. The second-order valence-corrected chi connectivity index (χ2v) is 10.0. The Bertz CT molecular complexity index is 696. The minimum absolute atomic E-state index is 0. The van der Waals surface area contributed by atoms with E-state index in [-0.39, 0.29) is 54.3 Å². The first kappa shape index (κ1) is 40.3. The van der Waals surface area contributed by atoms with Crippen LogP contribution in [0.2, 0.25) is 0 Å². The molecule has 0 aromatic carbocycles. The molecule has 1 atom stereocenters. The summed E-state index contributed by atoms with van der Waals surface area (Å²) in [4.78, 5) is 43.1. The average molecular weight is 565 g/mol. The molecule has 0 saturated carbocycles. The van der Waals surface area contributed by atoms with E-state index in [1.54, 1.807) is 0 Å². The quantitative estimate of drug-likeness (QED) is 0.0799. The van der Waals surface area contributed by atoms with Gasteiger partial charge < -0.3 is 19.7 Å². The molecule has 3 N–H and O–H groups in total. The zero-order valence-electron chi connectivity index (χ0n) is 21.6. The van der Waals surface area contributed by atoms with Gasteiger partial charge in [0.1, 0.15) is 0 Å². The molecule has 0 rings (SSSR count). The number of unbranched alkanes of at least 4 members (excludes halogenated alkanes) is 10. The molecule has 37 heavy (non-hydrogen) atoms. The summed E-state index contributed by atoms with van der Waals surface area (Å²) in [5.41, 5.74) is 0. The van der Waals surface area contributed by atoms with Crippen LogP contribution in [0, 0.1) is 0 Å². The van der Waals surface area contributed by atoms with Crippen molar-refractivity contribution in [3.63, 3.8) is 0 Å². The van der Waals surface area contributed by atoms with Crippen molar-refractivity contribution < 1.29 is 51.8 Å². The van der Waals surface area contributed by atoms with Gasteiger partial charge in [0.15, 0.2) is 5.25 Å². The summed E-state index contributed by atoms with van der Waals surface area (Å²) >= 11 is 0. The summed E-state index contributed by atoms with van der Waals surface area (Å²) in [6.45, 7) is 5.33. The number of carbonyl (C=O) groups is 4. The summed E-state index contributed by atoms with van der Waals surface area (Å²) in [7, 11) is -4.84. The number of ether oxygens (including phenoxy) is 2. The molecule has 11 nitrogen and oxygen atoms in total. The molecule has 0 radical (unpaired) electrons. The standard InChI is InChI=1S/C20H38O4.C4H6O7S.Na.H/c1-3-5-7-9-11-13-17-23-19(21)15-16-20(22)24-18-14-12-10-8-6-4-2;5-3(6)1-2(4(7)8)12(9,10)11;;/h3-18H2,1-2H3;2H,1H2,(H,5,6)(H,7,8)(H,9,10,11);;. The van der Waals surface area contributed by atoms with E-state index in [4.69, 9.17) is 24.2 Å². The first-order valence-electron chi connectivity index (χ1n) is 12.7. The third kappa shape index (κ3) is 29.2. The molecule has 13 heteroatoms. The van der Waals surface area contributed by atoms with E-state index in [2.05, 4.69) is 13.8 Å². The molecule has 0 aliphatic heterocycles. The van der Waals surface area contributed by atoms with Gasteiger partial charge in [-0.3, -0.25) is 23.7 Å². The number of carboxylic acid groups (broad SMARTS) is 2. The number of esters is 2. The van der Waals surface area contributed by atoms with E-state index in [9.17, 15) is 27.6 Å². The maximum atomic E-state index is 11.5. The molecule has 0 aliphatic carbocycles. The molecule has 0 amide bonds. The molecular formula is C24H45NaO11S. The molecule has 0 heterocycles. The van der Waals surface area contributed by atoms with Crippen molar-refractivity contribution in [1.29, 1.82) is 0 Å². The normalized spacial score (nSPS) is 11.3. The van der Waals surface area contributed by atoms with Crippen molar-refractivity contribution in [3.05, 3.63) is 0 Å². The van der Waals surface area contributed by atoms with Gasteiger partial charge >= 0.3 is 53.4 Å². The van der Waals surface area contributed by atoms with E-state index in [0.29, 0.717) is 13.2 Å². The molecule has 0 saturated heterocycles. The first-order chi connectivity index (χ1) is 16.9. The second-order valence-electron chi connectivity index (χ2n) is 8.42. The Balaban J connectivity index is -0.000000751. The summed E-state index contributed by atoms with van der Waals surface area (Å²) in [6, 6.07) is 0. The van der Waals surface area contributed by atoms with Crippen LogP contribution in [0.5, 0.6) is 0 Å². The van der Waals surface area contributed by atoms with Crippen molar-refractivity contribution in [2.45, 2.75) is 115 Å². The van der Waals surface area contributed by atoms with Crippen LogP contribution in [-0.4, -0.2) is 95.1 Å². The van der Waals surface area contributed by atoms with Gasteiger partial charge in [0.25, 0.3) is 10.1 Å². The fourth-order valence-corrected chi connectivity index (χ4v) is 3.57. The van der Waals surface area contributed by atoms with E-state index < -0.39 is 33.7 Å². The number of carboxylic acids is 2. The summed E-state index contributed by atoms with van der Waals surface area (Å²) in [5.74, 6) is -4.08. The molecule has 0 fully saturated rings. The van der Waals surface area contributed by atoms with Crippen LogP contribution >= 0.6 is 0 Å². The number of carbonyl (C=O) groups excluding carboxylic acids is 2. The van der Waals surface area contributed by atoms with Gasteiger partial charge in [-0.1, -0.05) is 78.1 Å². The molecule has 0 aliphatic rings. The van der Waals surface area contributed by atoms with E-state index in [1.807, 2.05) is 0 Å². The molecule has 214 valence electrons. The zero-order chi connectivity index (χ0) is 27.8. The Morgan fingerprint density at radius 3 is 1.30 bits per heavy atom. The van der Waals surface area contributed by atoms with E-state index >= 15 is 0 Å². The van der Waals surface area contributed by atoms with Crippen molar-refractivity contribution in [2.24, 2.45) is 0 Å². The Morgan fingerprint density at radius 2 is 1.03 bits per heavy atom. The van der Waals surface area contributed by atoms with E-state index in [0.717, 1.165) is 25.7 Å². The predicted molar refractivity (Wildman–Crippen MR) is 140 cm³/mol. The summed E-state index contributed by atoms with van der Waals surface area (Å²) in [6.07, 6.45) is 13.1. The van der Waals surface area contributed by atoms with Crippen LogP contribution in [0.15, 0.2) is 0 Å². The van der Waals surface area contributed by atoms with Crippen molar-refractivity contribution in [3.8, 4) is 0 Å². The average Bonchev–Trinajstić information content (AvgIpc) is 2.79. The van der Waals surface area contributed by atoms with Gasteiger partial charge in [-0.05, 0) is 12.8 Å². The van der Waals surface area contributed by atoms with Crippen LogP contribution in [-0.2, 0) is 38.8 Å². The van der Waals surface area contributed by atoms with Crippen molar-refractivity contribution >= 4 is 63.6 Å². The van der Waals surface area contributed by atoms with E-state index in [1.165, 1.54) is 51.4 Å². The number of aliphatic carboxylic acids is 2. The topological polar surface area (TPSA) is 182 Å². The molecule has 0 aromatic rings. The van der Waals surface area contributed by atoms with Gasteiger partial charge in [0.2, 0.25) is 0 Å². The Morgan fingerprint density at radius 1 is 0.676 bits per heavy atom. The zero-order valence-corrected chi connectivity index (χ0v) is 22.4.